The topological polar surface area (TPSA) is 36.4 Å². The number of rotatable bonds is 4. The van der Waals surface area contributed by atoms with Gasteiger partial charge in [-0.25, -0.2) is 4.98 Å². The molecule has 0 aliphatic carbocycles. The number of aryl methyl sites for hydroxylation is 1. The van der Waals surface area contributed by atoms with Crippen molar-refractivity contribution >= 4 is 11.3 Å². The van der Waals surface area contributed by atoms with E-state index in [1.54, 1.807) is 11.3 Å². The monoisotopic (exact) mass is 288 g/mol. The molecule has 4 heteroatoms. The highest BCUT2D eigenvalue weighted by Gasteiger charge is 2.24. The van der Waals surface area contributed by atoms with Crippen molar-refractivity contribution in [3.63, 3.8) is 0 Å². The number of nitrogens with zero attached hydrogens (tertiary/aromatic N) is 2. The fourth-order valence-electron chi connectivity index (χ4n) is 2.73. The Morgan fingerprint density at radius 1 is 1.35 bits per heavy atom. The first-order valence-corrected chi connectivity index (χ1v) is 8.00. The maximum Gasteiger partial charge on any atom is 0.123 e. The van der Waals surface area contributed by atoms with Crippen LogP contribution in [0.2, 0.25) is 0 Å². The molecule has 2 aromatic rings. The molecule has 0 saturated carbocycles. The first kappa shape index (κ1) is 13.7. The second kappa shape index (κ2) is 6.04. The first-order valence-electron chi connectivity index (χ1n) is 7.12. The normalized spacial score (nSPS) is 19.6. The minimum atomic E-state index is 0.259. The molecule has 2 heterocycles. The molecule has 1 N–H and O–H groups in total. The molecule has 1 atom stereocenters. The molecule has 3 rings (SSSR count). The lowest BCUT2D eigenvalue weighted by Gasteiger charge is -2.21. The van der Waals surface area contributed by atoms with E-state index in [-0.39, 0.29) is 6.61 Å². The Labute approximate surface area is 123 Å². The van der Waals surface area contributed by atoms with Gasteiger partial charge >= 0.3 is 0 Å². The number of hydrogen-bond acceptors (Lipinski definition) is 4. The quantitative estimate of drug-likeness (QED) is 0.939. The lowest BCUT2D eigenvalue weighted by atomic mass is 10.2. The SMILES string of the molecule is Cc1ccc(-c2nc(CN3CCCC3CO)cs2)cc1. The van der Waals surface area contributed by atoms with Gasteiger partial charge in [-0.05, 0) is 26.3 Å². The molecular formula is C16H20N2OS. The van der Waals surface area contributed by atoms with Crippen molar-refractivity contribution in [3.05, 3.63) is 40.9 Å². The average Bonchev–Trinajstić information content (AvgIpc) is 3.09. The molecular weight excluding hydrogens is 268 g/mol. The third-order valence-electron chi connectivity index (χ3n) is 3.93. The zero-order valence-electron chi connectivity index (χ0n) is 11.7. The van der Waals surface area contributed by atoms with Crippen LogP contribution in [0.3, 0.4) is 0 Å². The van der Waals surface area contributed by atoms with Crippen LogP contribution < -0.4 is 0 Å². The van der Waals surface area contributed by atoms with Crippen molar-refractivity contribution in [2.75, 3.05) is 13.2 Å². The van der Waals surface area contributed by atoms with Gasteiger partial charge in [0.1, 0.15) is 5.01 Å². The summed E-state index contributed by atoms with van der Waals surface area (Å²) in [7, 11) is 0. The predicted octanol–water partition coefficient (Wildman–Crippen LogP) is 3.08. The molecule has 1 unspecified atom stereocenters. The van der Waals surface area contributed by atoms with E-state index in [2.05, 4.69) is 41.5 Å². The van der Waals surface area contributed by atoms with Gasteiger partial charge < -0.3 is 5.11 Å². The van der Waals surface area contributed by atoms with Crippen LogP contribution in [0.25, 0.3) is 10.6 Å². The number of aromatic nitrogens is 1. The highest BCUT2D eigenvalue weighted by molar-refractivity contribution is 7.13. The van der Waals surface area contributed by atoms with E-state index >= 15 is 0 Å². The minimum Gasteiger partial charge on any atom is -0.395 e. The summed E-state index contributed by atoms with van der Waals surface area (Å²) in [5, 5.41) is 12.6. The molecule has 1 aromatic heterocycles. The molecule has 1 aliphatic heterocycles. The number of benzene rings is 1. The highest BCUT2D eigenvalue weighted by Crippen LogP contribution is 2.26. The Hall–Kier alpha value is -1.23. The van der Waals surface area contributed by atoms with E-state index in [0.717, 1.165) is 30.2 Å². The largest absolute Gasteiger partial charge is 0.395 e. The second-order valence-corrected chi connectivity index (χ2v) is 6.32. The van der Waals surface area contributed by atoms with Crippen LogP contribution in [-0.4, -0.2) is 34.2 Å². The van der Waals surface area contributed by atoms with Crippen molar-refractivity contribution in [2.45, 2.75) is 32.4 Å². The average molecular weight is 288 g/mol. The molecule has 1 aromatic carbocycles. The number of hydrogen-bond donors (Lipinski definition) is 1. The summed E-state index contributed by atoms with van der Waals surface area (Å²) in [5.74, 6) is 0. The zero-order chi connectivity index (χ0) is 13.9. The van der Waals surface area contributed by atoms with Crippen molar-refractivity contribution in [3.8, 4) is 10.6 Å². The van der Waals surface area contributed by atoms with Gasteiger partial charge in [-0.15, -0.1) is 11.3 Å². The van der Waals surface area contributed by atoms with E-state index in [1.807, 2.05) is 0 Å². The summed E-state index contributed by atoms with van der Waals surface area (Å²) in [6.45, 7) is 4.28. The van der Waals surface area contributed by atoms with Gasteiger partial charge in [0.25, 0.3) is 0 Å². The number of thiazole rings is 1. The van der Waals surface area contributed by atoms with Gasteiger partial charge in [-0.1, -0.05) is 29.8 Å². The number of aliphatic hydroxyl groups excluding tert-OH is 1. The van der Waals surface area contributed by atoms with Gasteiger partial charge in [0.15, 0.2) is 0 Å². The maximum absolute atomic E-state index is 9.36. The third kappa shape index (κ3) is 2.92. The van der Waals surface area contributed by atoms with Crippen molar-refractivity contribution in [1.29, 1.82) is 0 Å². The fraction of sp³-hybridized carbons (Fsp3) is 0.438. The minimum absolute atomic E-state index is 0.259. The van der Waals surface area contributed by atoms with Crippen LogP contribution in [-0.2, 0) is 6.54 Å². The van der Waals surface area contributed by atoms with Crippen LogP contribution in [0.4, 0.5) is 0 Å². The summed E-state index contributed by atoms with van der Waals surface area (Å²) in [4.78, 5) is 7.08. The smallest absolute Gasteiger partial charge is 0.123 e. The Bertz CT molecular complexity index is 564. The highest BCUT2D eigenvalue weighted by atomic mass is 32.1. The molecule has 0 spiro atoms. The van der Waals surface area contributed by atoms with E-state index in [9.17, 15) is 5.11 Å². The molecule has 3 nitrogen and oxygen atoms in total. The summed E-state index contributed by atoms with van der Waals surface area (Å²) in [5.41, 5.74) is 3.58. The fourth-order valence-corrected chi connectivity index (χ4v) is 3.54. The molecule has 106 valence electrons. The molecule has 0 bridgehead atoms. The van der Waals surface area contributed by atoms with Gasteiger partial charge in [-0.3, -0.25) is 4.90 Å². The van der Waals surface area contributed by atoms with Crippen molar-refractivity contribution in [1.82, 2.24) is 9.88 Å². The van der Waals surface area contributed by atoms with E-state index in [1.165, 1.54) is 17.5 Å². The van der Waals surface area contributed by atoms with Crippen LogP contribution in [0.15, 0.2) is 29.6 Å². The van der Waals surface area contributed by atoms with E-state index in [0.29, 0.717) is 6.04 Å². The van der Waals surface area contributed by atoms with Gasteiger partial charge in [-0.2, -0.15) is 0 Å². The summed E-state index contributed by atoms with van der Waals surface area (Å²) >= 11 is 1.70. The Balaban J connectivity index is 1.72. The standard InChI is InChI=1S/C16H20N2OS/c1-12-4-6-13(7-5-12)16-17-14(11-20-16)9-18-8-2-3-15(18)10-19/h4-7,11,15,19H,2-3,8-10H2,1H3. The van der Waals surface area contributed by atoms with Crippen molar-refractivity contribution in [2.24, 2.45) is 0 Å². The van der Waals surface area contributed by atoms with E-state index in [4.69, 9.17) is 4.98 Å². The van der Waals surface area contributed by atoms with Crippen LogP contribution in [0, 0.1) is 6.92 Å². The van der Waals surface area contributed by atoms with Crippen LogP contribution in [0.1, 0.15) is 24.1 Å². The van der Waals surface area contributed by atoms with Gasteiger partial charge in [0.2, 0.25) is 0 Å². The lowest BCUT2D eigenvalue weighted by Crippen LogP contribution is -2.31. The van der Waals surface area contributed by atoms with E-state index < -0.39 is 0 Å². The third-order valence-corrected chi connectivity index (χ3v) is 4.87. The molecule has 1 saturated heterocycles. The molecule has 1 fully saturated rings. The Morgan fingerprint density at radius 3 is 2.90 bits per heavy atom. The molecule has 0 radical (unpaired) electrons. The first-order chi connectivity index (χ1) is 9.76. The molecule has 20 heavy (non-hydrogen) atoms. The van der Waals surface area contributed by atoms with Gasteiger partial charge in [0.05, 0.1) is 12.3 Å². The van der Waals surface area contributed by atoms with Gasteiger partial charge in [0, 0.05) is 23.5 Å². The summed E-state index contributed by atoms with van der Waals surface area (Å²) in [6.07, 6.45) is 2.28. The number of aliphatic hydroxyl groups is 1. The van der Waals surface area contributed by atoms with Crippen molar-refractivity contribution < 1.29 is 5.11 Å². The number of likely N-dealkylation sites (tertiary alicyclic amines) is 1. The Morgan fingerprint density at radius 2 is 2.15 bits per heavy atom. The summed E-state index contributed by atoms with van der Waals surface area (Å²) in [6, 6.07) is 8.82. The lowest BCUT2D eigenvalue weighted by molar-refractivity contribution is 0.152. The summed E-state index contributed by atoms with van der Waals surface area (Å²) < 4.78 is 0. The van der Waals surface area contributed by atoms with Crippen LogP contribution >= 0.6 is 11.3 Å². The molecule has 0 amide bonds. The predicted molar refractivity (Wildman–Crippen MR) is 82.8 cm³/mol. The zero-order valence-corrected chi connectivity index (χ0v) is 12.6. The Kier molecular flexibility index (Phi) is 4.15. The van der Waals surface area contributed by atoms with Crippen LogP contribution in [0.5, 0.6) is 0 Å². The second-order valence-electron chi connectivity index (χ2n) is 5.46. The maximum atomic E-state index is 9.36. The molecule has 1 aliphatic rings.